The highest BCUT2D eigenvalue weighted by Crippen LogP contribution is 2.26. The Hall–Kier alpha value is -2.12. The Balaban J connectivity index is 2.41. The van der Waals surface area contributed by atoms with E-state index in [9.17, 15) is 0 Å². The highest BCUT2D eigenvalue weighted by molar-refractivity contribution is 5.61. The molecule has 0 radical (unpaired) electrons. The summed E-state index contributed by atoms with van der Waals surface area (Å²) in [5.74, 6) is 0. The highest BCUT2D eigenvalue weighted by atomic mass is 16.3. The van der Waals surface area contributed by atoms with E-state index < -0.39 is 0 Å². The first kappa shape index (κ1) is 14.3. The number of hydrogen-bond acceptors (Lipinski definition) is 3. The van der Waals surface area contributed by atoms with Gasteiger partial charge in [-0.25, -0.2) is 0 Å². The fourth-order valence-corrected chi connectivity index (χ4v) is 2.11. The van der Waals surface area contributed by atoms with Crippen LogP contribution in [0.15, 0.2) is 30.3 Å². The predicted octanol–water partition coefficient (Wildman–Crippen LogP) is 2.71. The van der Waals surface area contributed by atoms with Gasteiger partial charge >= 0.3 is 0 Å². The molecule has 2 rings (SSSR count). The number of benzene rings is 1. The fraction of sp³-hybridized carbons (Fsp3) is 0.375. The molecule has 0 saturated heterocycles. The van der Waals surface area contributed by atoms with Crippen LogP contribution < -0.4 is 0 Å². The van der Waals surface area contributed by atoms with Gasteiger partial charge in [-0.15, -0.1) is 0 Å². The first-order chi connectivity index (χ1) is 9.45. The van der Waals surface area contributed by atoms with E-state index in [1.54, 1.807) is 10.7 Å². The molecule has 0 saturated carbocycles. The molecule has 0 atom stereocenters. The van der Waals surface area contributed by atoms with Gasteiger partial charge in [0, 0.05) is 6.07 Å². The predicted molar refractivity (Wildman–Crippen MR) is 78.2 cm³/mol. The summed E-state index contributed by atoms with van der Waals surface area (Å²) in [6.45, 7) is 6.90. The second-order valence-corrected chi connectivity index (χ2v) is 5.80. The van der Waals surface area contributed by atoms with Crippen molar-refractivity contribution in [2.45, 2.75) is 32.7 Å². The van der Waals surface area contributed by atoms with Gasteiger partial charge in [-0.1, -0.05) is 45.0 Å². The van der Waals surface area contributed by atoms with Crippen LogP contribution in [0, 0.1) is 11.3 Å². The van der Waals surface area contributed by atoms with Crippen LogP contribution in [0.4, 0.5) is 0 Å². The SMILES string of the molecule is CC(C)(C)c1ccc(-c2cc(C#N)nn2CCO)cc1. The Bertz CT molecular complexity index is 627. The summed E-state index contributed by atoms with van der Waals surface area (Å²) in [5.41, 5.74) is 3.60. The smallest absolute Gasteiger partial charge is 0.163 e. The van der Waals surface area contributed by atoms with Crippen molar-refractivity contribution < 1.29 is 5.11 Å². The van der Waals surface area contributed by atoms with Gasteiger partial charge in [-0.3, -0.25) is 4.68 Å². The molecule has 0 fully saturated rings. The second-order valence-electron chi connectivity index (χ2n) is 5.80. The zero-order chi connectivity index (χ0) is 14.8. The third-order valence-corrected chi connectivity index (χ3v) is 3.25. The lowest BCUT2D eigenvalue weighted by atomic mass is 9.86. The van der Waals surface area contributed by atoms with E-state index >= 15 is 0 Å². The molecule has 0 unspecified atom stereocenters. The number of hydrogen-bond donors (Lipinski definition) is 1. The first-order valence-corrected chi connectivity index (χ1v) is 6.65. The summed E-state index contributed by atoms with van der Waals surface area (Å²) >= 11 is 0. The molecule has 1 N–H and O–H groups in total. The maximum absolute atomic E-state index is 9.08. The van der Waals surface area contributed by atoms with Crippen molar-refractivity contribution in [1.29, 1.82) is 5.26 Å². The van der Waals surface area contributed by atoms with Gasteiger partial charge in [-0.2, -0.15) is 10.4 Å². The molecule has 2 aromatic rings. The van der Waals surface area contributed by atoms with Gasteiger partial charge in [0.05, 0.1) is 18.8 Å². The number of nitriles is 1. The van der Waals surface area contributed by atoms with Crippen molar-refractivity contribution in [3.63, 3.8) is 0 Å². The van der Waals surface area contributed by atoms with Gasteiger partial charge in [0.15, 0.2) is 5.69 Å². The maximum Gasteiger partial charge on any atom is 0.163 e. The molecular formula is C16H19N3O. The second kappa shape index (κ2) is 5.48. The standard InChI is InChI=1S/C16H19N3O/c1-16(2,3)13-6-4-12(5-7-13)15-10-14(11-17)18-19(15)8-9-20/h4-7,10,20H,8-9H2,1-3H3. The van der Waals surface area contributed by atoms with E-state index in [0.29, 0.717) is 12.2 Å². The quantitative estimate of drug-likeness (QED) is 0.932. The van der Waals surface area contributed by atoms with Crippen molar-refractivity contribution in [2.75, 3.05) is 6.61 Å². The minimum Gasteiger partial charge on any atom is -0.394 e. The molecule has 0 spiro atoms. The fourth-order valence-electron chi connectivity index (χ4n) is 2.11. The van der Waals surface area contributed by atoms with Crippen LogP contribution in [0.1, 0.15) is 32.0 Å². The topological polar surface area (TPSA) is 61.8 Å². The molecule has 1 aromatic heterocycles. The number of aromatic nitrogens is 2. The molecule has 0 amide bonds. The van der Waals surface area contributed by atoms with Gasteiger partial charge in [-0.05, 0) is 16.5 Å². The van der Waals surface area contributed by atoms with Crippen LogP contribution in [-0.4, -0.2) is 21.5 Å². The zero-order valence-electron chi connectivity index (χ0n) is 12.1. The lowest BCUT2D eigenvalue weighted by Gasteiger charge is -2.19. The highest BCUT2D eigenvalue weighted by Gasteiger charge is 2.14. The van der Waals surface area contributed by atoms with Crippen molar-refractivity contribution in [3.05, 3.63) is 41.6 Å². The average Bonchev–Trinajstić information content (AvgIpc) is 2.82. The number of aliphatic hydroxyl groups is 1. The van der Waals surface area contributed by atoms with Crippen LogP contribution in [0.5, 0.6) is 0 Å². The number of nitrogens with zero attached hydrogens (tertiary/aromatic N) is 3. The van der Waals surface area contributed by atoms with Gasteiger partial charge in [0.1, 0.15) is 6.07 Å². The van der Waals surface area contributed by atoms with E-state index in [2.05, 4.69) is 38.0 Å². The van der Waals surface area contributed by atoms with Crippen molar-refractivity contribution >= 4 is 0 Å². The Morgan fingerprint density at radius 3 is 2.40 bits per heavy atom. The third kappa shape index (κ3) is 2.89. The summed E-state index contributed by atoms with van der Waals surface area (Å²) in [6.07, 6.45) is 0. The summed E-state index contributed by atoms with van der Waals surface area (Å²) < 4.78 is 1.67. The molecule has 4 nitrogen and oxygen atoms in total. The van der Waals surface area contributed by atoms with Gasteiger partial charge < -0.3 is 5.11 Å². The Labute approximate surface area is 119 Å². The summed E-state index contributed by atoms with van der Waals surface area (Å²) in [7, 11) is 0. The average molecular weight is 269 g/mol. The van der Waals surface area contributed by atoms with Gasteiger partial charge in [0.2, 0.25) is 0 Å². The third-order valence-electron chi connectivity index (χ3n) is 3.25. The molecular weight excluding hydrogens is 250 g/mol. The van der Waals surface area contributed by atoms with E-state index in [0.717, 1.165) is 11.3 Å². The lowest BCUT2D eigenvalue weighted by molar-refractivity contribution is 0.270. The number of rotatable bonds is 3. The molecule has 20 heavy (non-hydrogen) atoms. The molecule has 4 heteroatoms. The van der Waals surface area contributed by atoms with Crippen molar-refractivity contribution in [1.82, 2.24) is 9.78 Å². The first-order valence-electron chi connectivity index (χ1n) is 6.65. The van der Waals surface area contributed by atoms with Gasteiger partial charge in [0.25, 0.3) is 0 Å². The lowest BCUT2D eigenvalue weighted by Crippen LogP contribution is -2.10. The molecule has 1 heterocycles. The van der Waals surface area contributed by atoms with Crippen LogP contribution in [0.3, 0.4) is 0 Å². The van der Waals surface area contributed by atoms with Crippen LogP contribution in [-0.2, 0) is 12.0 Å². The van der Waals surface area contributed by atoms with Crippen molar-refractivity contribution in [2.24, 2.45) is 0 Å². The molecule has 0 aliphatic carbocycles. The summed E-state index contributed by atoms with van der Waals surface area (Å²) in [4.78, 5) is 0. The Morgan fingerprint density at radius 1 is 1.25 bits per heavy atom. The van der Waals surface area contributed by atoms with Crippen LogP contribution >= 0.6 is 0 Å². The summed E-state index contributed by atoms with van der Waals surface area (Å²) in [6, 6.07) is 12.0. The zero-order valence-corrected chi connectivity index (χ0v) is 12.1. The number of aliphatic hydroxyl groups excluding tert-OH is 1. The minimum atomic E-state index is -0.000374. The van der Waals surface area contributed by atoms with E-state index in [1.807, 2.05) is 18.2 Å². The summed E-state index contributed by atoms with van der Waals surface area (Å²) in [5, 5.41) is 22.2. The molecule has 1 aromatic carbocycles. The van der Waals surface area contributed by atoms with E-state index in [4.69, 9.17) is 10.4 Å². The molecule has 0 aliphatic rings. The Morgan fingerprint density at radius 2 is 1.90 bits per heavy atom. The van der Waals surface area contributed by atoms with Crippen molar-refractivity contribution in [3.8, 4) is 17.3 Å². The maximum atomic E-state index is 9.08. The normalized spacial score (nSPS) is 11.3. The van der Waals surface area contributed by atoms with E-state index in [1.165, 1.54) is 5.56 Å². The molecule has 104 valence electrons. The van der Waals surface area contributed by atoms with Crippen LogP contribution in [0.25, 0.3) is 11.3 Å². The molecule has 0 aliphatic heterocycles. The van der Waals surface area contributed by atoms with Crippen LogP contribution in [0.2, 0.25) is 0 Å². The Kier molecular flexibility index (Phi) is 3.91. The largest absolute Gasteiger partial charge is 0.394 e. The monoisotopic (exact) mass is 269 g/mol. The molecule has 0 bridgehead atoms. The van der Waals surface area contributed by atoms with E-state index in [-0.39, 0.29) is 12.0 Å². The minimum absolute atomic E-state index is 0.000374.